The molecule has 1 saturated heterocycles. The van der Waals surface area contributed by atoms with Crippen LogP contribution in [-0.2, 0) is 4.74 Å². The van der Waals surface area contributed by atoms with Gasteiger partial charge in [0.2, 0.25) is 0 Å². The summed E-state index contributed by atoms with van der Waals surface area (Å²) in [4.78, 5) is 0. The molecule has 88 valence electrons. The van der Waals surface area contributed by atoms with Crippen LogP contribution in [0.15, 0.2) is 0 Å². The van der Waals surface area contributed by atoms with Crippen molar-refractivity contribution in [1.29, 1.82) is 0 Å². The van der Waals surface area contributed by atoms with E-state index < -0.39 is 0 Å². The summed E-state index contributed by atoms with van der Waals surface area (Å²) in [5.41, 5.74) is 0.491. The molecule has 0 aromatic heterocycles. The maximum atomic E-state index is 5.48. The molecule has 1 aliphatic heterocycles. The van der Waals surface area contributed by atoms with Gasteiger partial charge in [-0.1, -0.05) is 33.1 Å². The van der Waals surface area contributed by atoms with Crippen molar-refractivity contribution >= 4 is 0 Å². The molecule has 1 saturated carbocycles. The average Bonchev–Trinajstić information content (AvgIpc) is 2.17. The van der Waals surface area contributed by atoms with Gasteiger partial charge in [0.1, 0.15) is 0 Å². The minimum atomic E-state index is 0.491. The summed E-state index contributed by atoms with van der Waals surface area (Å²) < 4.78 is 5.48. The zero-order chi connectivity index (χ0) is 10.7. The summed E-state index contributed by atoms with van der Waals surface area (Å²) in [5, 5.41) is 3.61. The molecule has 1 aliphatic carbocycles. The molecule has 2 rings (SSSR count). The second-order valence-electron chi connectivity index (χ2n) is 5.73. The lowest BCUT2D eigenvalue weighted by Gasteiger charge is -2.49. The Kier molecular flexibility index (Phi) is 3.68. The third-order valence-corrected chi connectivity index (χ3v) is 4.11. The Hall–Kier alpha value is -0.0800. The Morgan fingerprint density at radius 3 is 2.33 bits per heavy atom. The summed E-state index contributed by atoms with van der Waals surface area (Å²) in [6.07, 6.45) is 7.19. The summed E-state index contributed by atoms with van der Waals surface area (Å²) in [6.45, 7) is 7.62. The summed E-state index contributed by atoms with van der Waals surface area (Å²) in [7, 11) is 0. The van der Waals surface area contributed by atoms with E-state index in [4.69, 9.17) is 4.74 Å². The van der Waals surface area contributed by atoms with E-state index in [0.717, 1.165) is 25.7 Å². The SMILES string of the molecule is CC(C)NCC1(C2CCCCC2)COC1. The molecule has 1 N–H and O–H groups in total. The van der Waals surface area contributed by atoms with Crippen molar-refractivity contribution in [2.45, 2.75) is 52.0 Å². The molecular weight excluding hydrogens is 186 g/mol. The fraction of sp³-hybridized carbons (Fsp3) is 1.00. The monoisotopic (exact) mass is 211 g/mol. The van der Waals surface area contributed by atoms with Gasteiger partial charge in [-0.3, -0.25) is 0 Å². The zero-order valence-corrected chi connectivity index (χ0v) is 10.2. The van der Waals surface area contributed by atoms with E-state index in [2.05, 4.69) is 19.2 Å². The highest BCUT2D eigenvalue weighted by Crippen LogP contribution is 2.43. The second-order valence-corrected chi connectivity index (χ2v) is 5.73. The lowest BCUT2D eigenvalue weighted by molar-refractivity contribution is -0.150. The topological polar surface area (TPSA) is 21.3 Å². The molecule has 0 bridgehead atoms. The van der Waals surface area contributed by atoms with Crippen LogP contribution in [-0.4, -0.2) is 25.8 Å². The molecule has 2 aliphatic rings. The predicted octanol–water partition coefficient (Wildman–Crippen LogP) is 2.58. The van der Waals surface area contributed by atoms with Gasteiger partial charge in [-0.25, -0.2) is 0 Å². The van der Waals surface area contributed by atoms with Crippen molar-refractivity contribution in [3.05, 3.63) is 0 Å². The average molecular weight is 211 g/mol. The van der Waals surface area contributed by atoms with Crippen LogP contribution >= 0.6 is 0 Å². The first kappa shape index (κ1) is 11.4. The molecule has 15 heavy (non-hydrogen) atoms. The molecule has 0 amide bonds. The molecule has 0 atom stereocenters. The maximum Gasteiger partial charge on any atom is 0.0559 e. The number of nitrogens with one attached hydrogen (secondary N) is 1. The standard InChI is InChI=1S/C13H25NO/c1-11(2)14-8-13(9-15-10-13)12-6-4-3-5-7-12/h11-12,14H,3-10H2,1-2H3. The van der Waals surface area contributed by atoms with Crippen molar-refractivity contribution in [2.75, 3.05) is 19.8 Å². The van der Waals surface area contributed by atoms with Crippen molar-refractivity contribution < 1.29 is 4.74 Å². The van der Waals surface area contributed by atoms with E-state index in [0.29, 0.717) is 11.5 Å². The summed E-state index contributed by atoms with van der Waals surface area (Å²) in [5.74, 6) is 0.922. The van der Waals surface area contributed by atoms with Gasteiger partial charge in [0.25, 0.3) is 0 Å². The van der Waals surface area contributed by atoms with E-state index in [-0.39, 0.29) is 0 Å². The normalized spacial score (nSPS) is 26.6. The van der Waals surface area contributed by atoms with E-state index in [9.17, 15) is 0 Å². The van der Waals surface area contributed by atoms with Crippen LogP contribution in [0.1, 0.15) is 46.0 Å². The lowest BCUT2D eigenvalue weighted by atomic mass is 9.67. The molecule has 0 aromatic rings. The van der Waals surface area contributed by atoms with Gasteiger partial charge < -0.3 is 10.1 Å². The predicted molar refractivity (Wildman–Crippen MR) is 63.0 cm³/mol. The van der Waals surface area contributed by atoms with Crippen LogP contribution in [0.2, 0.25) is 0 Å². The highest BCUT2D eigenvalue weighted by molar-refractivity contribution is 4.94. The van der Waals surface area contributed by atoms with Gasteiger partial charge in [0, 0.05) is 18.0 Å². The van der Waals surface area contributed by atoms with Crippen LogP contribution in [0.25, 0.3) is 0 Å². The van der Waals surface area contributed by atoms with Crippen LogP contribution in [0, 0.1) is 11.3 Å². The molecule has 0 aromatic carbocycles. The minimum absolute atomic E-state index is 0.491. The summed E-state index contributed by atoms with van der Waals surface area (Å²) in [6, 6.07) is 0.603. The first-order valence-electron chi connectivity index (χ1n) is 6.54. The van der Waals surface area contributed by atoms with E-state index in [1.165, 1.54) is 32.1 Å². The number of hydrogen-bond donors (Lipinski definition) is 1. The van der Waals surface area contributed by atoms with Crippen LogP contribution in [0.4, 0.5) is 0 Å². The van der Waals surface area contributed by atoms with Gasteiger partial charge >= 0.3 is 0 Å². The quantitative estimate of drug-likeness (QED) is 0.771. The molecule has 0 unspecified atom stereocenters. The van der Waals surface area contributed by atoms with E-state index >= 15 is 0 Å². The smallest absolute Gasteiger partial charge is 0.0559 e. The van der Waals surface area contributed by atoms with Crippen LogP contribution < -0.4 is 5.32 Å². The molecular formula is C13H25NO. The first-order valence-corrected chi connectivity index (χ1v) is 6.54. The Balaban J connectivity index is 1.88. The van der Waals surface area contributed by atoms with Gasteiger partial charge in [-0.05, 0) is 18.8 Å². The lowest BCUT2D eigenvalue weighted by Crippen LogP contribution is -2.55. The van der Waals surface area contributed by atoms with E-state index in [1.807, 2.05) is 0 Å². The highest BCUT2D eigenvalue weighted by atomic mass is 16.5. The number of hydrogen-bond acceptors (Lipinski definition) is 2. The van der Waals surface area contributed by atoms with Crippen molar-refractivity contribution in [2.24, 2.45) is 11.3 Å². The molecule has 0 spiro atoms. The van der Waals surface area contributed by atoms with Gasteiger partial charge in [-0.2, -0.15) is 0 Å². The van der Waals surface area contributed by atoms with Gasteiger partial charge in [0.15, 0.2) is 0 Å². The highest BCUT2D eigenvalue weighted by Gasteiger charge is 2.45. The number of ether oxygens (including phenoxy) is 1. The molecule has 2 nitrogen and oxygen atoms in total. The van der Waals surface area contributed by atoms with Crippen LogP contribution in [0.5, 0.6) is 0 Å². The largest absolute Gasteiger partial charge is 0.380 e. The minimum Gasteiger partial charge on any atom is -0.380 e. The first-order chi connectivity index (χ1) is 7.23. The second kappa shape index (κ2) is 4.84. The summed E-state index contributed by atoms with van der Waals surface area (Å²) >= 11 is 0. The molecule has 1 heterocycles. The Morgan fingerprint density at radius 2 is 1.87 bits per heavy atom. The van der Waals surface area contributed by atoms with Gasteiger partial charge in [-0.15, -0.1) is 0 Å². The van der Waals surface area contributed by atoms with E-state index in [1.54, 1.807) is 0 Å². The fourth-order valence-corrected chi connectivity index (χ4v) is 2.97. The third kappa shape index (κ3) is 2.54. The van der Waals surface area contributed by atoms with Crippen molar-refractivity contribution in [3.8, 4) is 0 Å². The van der Waals surface area contributed by atoms with Crippen molar-refractivity contribution in [1.82, 2.24) is 5.32 Å². The Bertz CT molecular complexity index is 193. The maximum absolute atomic E-state index is 5.48. The number of rotatable bonds is 4. The van der Waals surface area contributed by atoms with Gasteiger partial charge in [0.05, 0.1) is 13.2 Å². The Labute approximate surface area is 93.8 Å². The Morgan fingerprint density at radius 1 is 1.20 bits per heavy atom. The van der Waals surface area contributed by atoms with Crippen molar-refractivity contribution in [3.63, 3.8) is 0 Å². The zero-order valence-electron chi connectivity index (χ0n) is 10.2. The molecule has 0 radical (unpaired) electrons. The molecule has 2 heteroatoms. The third-order valence-electron chi connectivity index (χ3n) is 4.11. The fourth-order valence-electron chi connectivity index (χ4n) is 2.97. The van der Waals surface area contributed by atoms with Crippen LogP contribution in [0.3, 0.4) is 0 Å². The molecule has 2 fully saturated rings.